The zero-order chi connectivity index (χ0) is 21.7. The number of aromatic nitrogens is 3. The van der Waals surface area contributed by atoms with E-state index in [9.17, 15) is 4.79 Å². The van der Waals surface area contributed by atoms with E-state index >= 15 is 0 Å². The maximum absolute atomic E-state index is 12.9. The van der Waals surface area contributed by atoms with E-state index in [1.54, 1.807) is 0 Å². The summed E-state index contributed by atoms with van der Waals surface area (Å²) in [6, 6.07) is 2.86. The Hall–Kier alpha value is -3.18. The fraction of sp³-hybridized carbons (Fsp3) is 0.524. The number of rotatable bonds is 5. The standard InChI is InChI=1S/C21H25N7O4/c22-13-3-4-28(10-13)20-24-15(11-31-20)19(29)23-14-9-16-18(25-17(14)12-1-2-12)26-21(32-16)27-5-7-30-8-6-27/h9,11-13H,1-8,10,22H2,(H,23,29)/t13-/m0/s1. The van der Waals surface area contributed by atoms with E-state index < -0.39 is 0 Å². The highest BCUT2D eigenvalue weighted by molar-refractivity contribution is 6.04. The summed E-state index contributed by atoms with van der Waals surface area (Å²) in [6.07, 6.45) is 4.34. The van der Waals surface area contributed by atoms with Gasteiger partial charge in [-0.05, 0) is 19.3 Å². The lowest BCUT2D eigenvalue weighted by molar-refractivity contribution is 0.102. The molecule has 0 bridgehead atoms. The molecule has 11 heteroatoms. The van der Waals surface area contributed by atoms with Crippen LogP contribution in [0.1, 0.15) is 41.4 Å². The fourth-order valence-corrected chi connectivity index (χ4v) is 4.19. The van der Waals surface area contributed by atoms with Gasteiger partial charge in [0, 0.05) is 44.2 Å². The van der Waals surface area contributed by atoms with Crippen LogP contribution in [-0.2, 0) is 4.74 Å². The van der Waals surface area contributed by atoms with Crippen LogP contribution < -0.4 is 20.9 Å². The van der Waals surface area contributed by atoms with Crippen molar-refractivity contribution in [1.82, 2.24) is 15.0 Å². The van der Waals surface area contributed by atoms with E-state index in [0.717, 1.165) is 44.6 Å². The normalized spacial score (nSPS) is 21.5. The number of hydrogen-bond acceptors (Lipinski definition) is 10. The molecule has 2 saturated heterocycles. The van der Waals surface area contributed by atoms with Crippen LogP contribution in [0, 0.1) is 0 Å². The average molecular weight is 439 g/mol. The minimum Gasteiger partial charge on any atom is -0.431 e. The van der Waals surface area contributed by atoms with Crippen molar-refractivity contribution in [2.24, 2.45) is 5.73 Å². The molecule has 3 aromatic heterocycles. The number of fused-ring (bicyclic) bond motifs is 1. The molecule has 168 valence electrons. The Labute approximate surface area is 183 Å². The highest BCUT2D eigenvalue weighted by Crippen LogP contribution is 2.43. The van der Waals surface area contributed by atoms with E-state index in [0.29, 0.717) is 54.6 Å². The first-order chi connectivity index (χ1) is 15.6. The Morgan fingerprint density at radius 1 is 1.06 bits per heavy atom. The number of hydrogen-bond donors (Lipinski definition) is 2. The van der Waals surface area contributed by atoms with Crippen molar-refractivity contribution >= 4 is 34.9 Å². The molecular weight excluding hydrogens is 414 g/mol. The minimum atomic E-state index is -0.348. The lowest BCUT2D eigenvalue weighted by Gasteiger charge is -2.24. The number of pyridine rings is 1. The Kier molecular flexibility index (Phi) is 4.72. The molecule has 1 atom stereocenters. The number of ether oxygens (including phenoxy) is 1. The smallest absolute Gasteiger partial charge is 0.300 e. The average Bonchev–Trinajstić information content (AvgIpc) is 3.19. The van der Waals surface area contributed by atoms with Gasteiger partial charge in [0.05, 0.1) is 24.6 Å². The maximum Gasteiger partial charge on any atom is 0.300 e. The zero-order valence-corrected chi connectivity index (χ0v) is 17.6. The largest absolute Gasteiger partial charge is 0.431 e. The van der Waals surface area contributed by atoms with Gasteiger partial charge in [-0.3, -0.25) is 4.79 Å². The quantitative estimate of drug-likeness (QED) is 0.605. The molecule has 0 unspecified atom stereocenters. The van der Waals surface area contributed by atoms with Crippen LogP contribution in [0.3, 0.4) is 0 Å². The van der Waals surface area contributed by atoms with Gasteiger partial charge in [0.1, 0.15) is 6.26 Å². The molecule has 0 spiro atoms. The van der Waals surface area contributed by atoms with Crippen LogP contribution in [0.4, 0.5) is 17.7 Å². The molecule has 32 heavy (non-hydrogen) atoms. The van der Waals surface area contributed by atoms with Gasteiger partial charge in [0.2, 0.25) is 5.65 Å². The molecule has 1 amide bonds. The van der Waals surface area contributed by atoms with Crippen molar-refractivity contribution in [2.75, 3.05) is 54.5 Å². The summed E-state index contributed by atoms with van der Waals surface area (Å²) < 4.78 is 16.9. The predicted molar refractivity (Wildman–Crippen MR) is 116 cm³/mol. The van der Waals surface area contributed by atoms with Gasteiger partial charge in [0.15, 0.2) is 11.3 Å². The summed E-state index contributed by atoms with van der Waals surface area (Å²) in [4.78, 5) is 30.6. The SMILES string of the molecule is N[C@H]1CCN(c2nc(C(=O)Nc3cc4oc(N5CCOCC5)nc4nc3C3CC3)co2)C1. The Bertz CT molecular complexity index is 1150. The number of morpholine rings is 1. The second kappa shape index (κ2) is 7.75. The molecule has 6 rings (SSSR count). The van der Waals surface area contributed by atoms with E-state index in [1.165, 1.54) is 6.26 Å². The first kappa shape index (κ1) is 19.5. The number of carbonyl (C=O) groups is 1. The van der Waals surface area contributed by atoms with Crippen LogP contribution in [-0.4, -0.2) is 66.3 Å². The van der Waals surface area contributed by atoms with Crippen LogP contribution >= 0.6 is 0 Å². The molecule has 0 radical (unpaired) electrons. The van der Waals surface area contributed by atoms with Gasteiger partial charge in [0.25, 0.3) is 17.9 Å². The molecule has 11 nitrogen and oxygen atoms in total. The molecule has 3 N–H and O–H groups in total. The van der Waals surface area contributed by atoms with Crippen molar-refractivity contribution in [3.8, 4) is 0 Å². The summed E-state index contributed by atoms with van der Waals surface area (Å²) in [5.74, 6) is -0.0309. The second-order valence-electron chi connectivity index (χ2n) is 8.58. The van der Waals surface area contributed by atoms with Crippen LogP contribution in [0.5, 0.6) is 0 Å². The van der Waals surface area contributed by atoms with Crippen molar-refractivity contribution < 1.29 is 18.4 Å². The summed E-state index contributed by atoms with van der Waals surface area (Å²) in [5, 5.41) is 2.95. The number of oxazole rings is 2. The van der Waals surface area contributed by atoms with Crippen LogP contribution in [0.15, 0.2) is 21.2 Å². The first-order valence-corrected chi connectivity index (χ1v) is 11.1. The molecule has 1 saturated carbocycles. The molecule has 3 aromatic rings. The number of amides is 1. The van der Waals surface area contributed by atoms with Crippen molar-refractivity contribution in [2.45, 2.75) is 31.2 Å². The second-order valence-corrected chi connectivity index (χ2v) is 8.58. The van der Waals surface area contributed by atoms with Gasteiger partial charge >= 0.3 is 0 Å². The predicted octanol–water partition coefficient (Wildman–Crippen LogP) is 1.71. The maximum atomic E-state index is 12.9. The lowest BCUT2D eigenvalue weighted by atomic mass is 10.2. The summed E-state index contributed by atoms with van der Waals surface area (Å²) in [7, 11) is 0. The molecule has 0 aromatic carbocycles. The molecule has 3 fully saturated rings. The fourth-order valence-electron chi connectivity index (χ4n) is 4.19. The zero-order valence-electron chi connectivity index (χ0n) is 17.6. The Morgan fingerprint density at radius 3 is 2.66 bits per heavy atom. The summed E-state index contributed by atoms with van der Waals surface area (Å²) in [6.45, 7) is 4.18. The monoisotopic (exact) mass is 439 g/mol. The molecule has 3 aliphatic rings. The summed E-state index contributed by atoms with van der Waals surface area (Å²) in [5.41, 5.74) is 8.73. The van der Waals surface area contributed by atoms with E-state index in [1.807, 2.05) is 15.9 Å². The topological polar surface area (TPSA) is 136 Å². The Balaban J connectivity index is 1.25. The molecular formula is C21H25N7O4. The minimum absolute atomic E-state index is 0.0994. The first-order valence-electron chi connectivity index (χ1n) is 11.1. The Morgan fingerprint density at radius 2 is 1.91 bits per heavy atom. The van der Waals surface area contributed by atoms with E-state index in [-0.39, 0.29) is 17.6 Å². The van der Waals surface area contributed by atoms with Crippen molar-refractivity contribution in [3.63, 3.8) is 0 Å². The number of carbonyl (C=O) groups excluding carboxylic acids is 1. The van der Waals surface area contributed by atoms with Gasteiger partial charge in [-0.1, -0.05) is 0 Å². The molecule has 1 aliphatic carbocycles. The number of nitrogens with one attached hydrogen (secondary N) is 1. The van der Waals surface area contributed by atoms with Crippen molar-refractivity contribution in [1.29, 1.82) is 0 Å². The lowest BCUT2D eigenvalue weighted by Crippen LogP contribution is -2.36. The third kappa shape index (κ3) is 3.67. The van der Waals surface area contributed by atoms with Crippen LogP contribution in [0.2, 0.25) is 0 Å². The van der Waals surface area contributed by atoms with Gasteiger partial charge in [-0.25, -0.2) is 4.98 Å². The molecule has 5 heterocycles. The number of anilines is 3. The highest BCUT2D eigenvalue weighted by Gasteiger charge is 2.31. The summed E-state index contributed by atoms with van der Waals surface area (Å²) >= 11 is 0. The van der Waals surface area contributed by atoms with Gasteiger partial charge < -0.3 is 34.4 Å². The third-order valence-corrected chi connectivity index (χ3v) is 6.11. The van der Waals surface area contributed by atoms with Crippen molar-refractivity contribution in [3.05, 3.63) is 23.7 Å². The van der Waals surface area contributed by atoms with Crippen LogP contribution in [0.25, 0.3) is 11.2 Å². The van der Waals surface area contributed by atoms with E-state index in [4.69, 9.17) is 24.3 Å². The van der Waals surface area contributed by atoms with E-state index in [2.05, 4.69) is 15.3 Å². The third-order valence-electron chi connectivity index (χ3n) is 6.11. The van der Waals surface area contributed by atoms with Gasteiger partial charge in [-0.15, -0.1) is 0 Å². The molecule has 2 aliphatic heterocycles. The van der Waals surface area contributed by atoms with Gasteiger partial charge in [-0.2, -0.15) is 9.97 Å². The number of nitrogens with two attached hydrogens (primary N) is 1. The highest BCUT2D eigenvalue weighted by atomic mass is 16.5. The number of nitrogens with zero attached hydrogens (tertiary/aromatic N) is 5.